The Kier molecular flexibility index (Phi) is 8.97. The number of anilines is 1. The van der Waals surface area contributed by atoms with E-state index in [0.29, 0.717) is 6.42 Å². The molecule has 0 radical (unpaired) electrons. The fraction of sp³-hybridized carbons (Fsp3) is 0.354. The minimum atomic E-state index is -0.414. The Morgan fingerprint density at radius 3 is 2.29 bits per heavy atom. The first-order valence-corrected chi connectivity index (χ1v) is 19.3. The minimum absolute atomic E-state index is 0.0184. The molecule has 0 bridgehead atoms. The molecule has 4 nitrogen and oxygen atoms in total. The van der Waals surface area contributed by atoms with Crippen LogP contribution >= 0.6 is 0 Å². The van der Waals surface area contributed by atoms with Gasteiger partial charge in [-0.1, -0.05) is 111 Å². The maximum atomic E-state index is 10.2. The normalized spacial score (nSPS) is 26.4. The highest BCUT2D eigenvalue weighted by atomic mass is 15.2. The molecule has 1 fully saturated rings. The Hall–Kier alpha value is -5.19. The maximum Gasteiger partial charge on any atom is 0.210 e. The number of rotatable bonds is 9. The molecule has 2 aliphatic heterocycles. The van der Waals surface area contributed by atoms with Crippen molar-refractivity contribution in [1.29, 1.82) is 10.5 Å². The monoisotopic (exact) mass is 681 g/mol. The summed E-state index contributed by atoms with van der Waals surface area (Å²) >= 11 is 0. The molecule has 4 unspecified atom stereocenters. The van der Waals surface area contributed by atoms with Crippen LogP contribution in [-0.2, 0) is 10.8 Å². The molecule has 1 saturated carbocycles. The van der Waals surface area contributed by atoms with Gasteiger partial charge in [0.1, 0.15) is 6.54 Å². The van der Waals surface area contributed by atoms with Gasteiger partial charge in [-0.05, 0) is 83.8 Å². The van der Waals surface area contributed by atoms with Gasteiger partial charge in [0, 0.05) is 48.0 Å². The average molecular weight is 682 g/mol. The summed E-state index contributed by atoms with van der Waals surface area (Å²) in [6.45, 7) is 5.62. The first kappa shape index (κ1) is 33.9. The highest BCUT2D eigenvalue weighted by Crippen LogP contribution is 2.54. The molecule has 4 atom stereocenters. The van der Waals surface area contributed by atoms with Crippen LogP contribution in [0, 0.1) is 40.4 Å². The smallest absolute Gasteiger partial charge is 0.210 e. The van der Waals surface area contributed by atoms with Crippen molar-refractivity contribution < 1.29 is 4.58 Å². The minimum Gasteiger partial charge on any atom is -0.347 e. The second-order valence-corrected chi connectivity index (χ2v) is 16.0. The van der Waals surface area contributed by atoms with Gasteiger partial charge in [-0.2, -0.15) is 15.1 Å². The summed E-state index contributed by atoms with van der Waals surface area (Å²) in [6.07, 6.45) is 24.2. The SMILES string of the molecule is CN1/C(=C/C=C/C=C/C2=[N+](CCC3CCCC3)c3ccc4ccccc4c3C2(C)CC#N)C(C)(CC2C=CCC2C#N)c2c1ccc1ccccc21. The zero-order valence-electron chi connectivity index (χ0n) is 30.9. The lowest BCUT2D eigenvalue weighted by Gasteiger charge is -2.32. The Morgan fingerprint density at radius 1 is 0.846 bits per heavy atom. The van der Waals surface area contributed by atoms with Gasteiger partial charge in [0.15, 0.2) is 5.71 Å². The number of hydrogen-bond donors (Lipinski definition) is 0. The van der Waals surface area contributed by atoms with Gasteiger partial charge in [0.05, 0.1) is 29.9 Å². The van der Waals surface area contributed by atoms with Crippen molar-refractivity contribution in [3.8, 4) is 12.1 Å². The predicted molar refractivity (Wildman–Crippen MR) is 215 cm³/mol. The number of allylic oxidation sites excluding steroid dienone is 8. The van der Waals surface area contributed by atoms with Gasteiger partial charge in [0.2, 0.25) is 5.69 Å². The van der Waals surface area contributed by atoms with Crippen LogP contribution in [0.5, 0.6) is 0 Å². The Labute approximate surface area is 309 Å². The summed E-state index contributed by atoms with van der Waals surface area (Å²) in [5, 5.41) is 25.2. The summed E-state index contributed by atoms with van der Waals surface area (Å²) in [4.78, 5) is 2.36. The van der Waals surface area contributed by atoms with E-state index in [1.807, 2.05) is 0 Å². The van der Waals surface area contributed by atoms with Crippen molar-refractivity contribution in [2.45, 2.75) is 76.0 Å². The first-order valence-electron chi connectivity index (χ1n) is 19.3. The van der Waals surface area contributed by atoms with E-state index in [4.69, 9.17) is 0 Å². The molecule has 4 aliphatic rings. The standard InChI is InChI=1S/C48H49N4/c1-47(29-30-49)44(52(31-28-34-14-7-8-15-34)42-27-25-36-17-10-12-21-40(36)46(42)47)23-6-4-5-22-43-48(2,32-37-18-13-19-38(37)33-50)45-39-20-11-9-16-35(39)24-26-41(45)51(43)3/h4-6,9-13,16-18,20-27,34,37-38H,7-8,14-15,19,28-29,31-32H2,1-3H3/q+1. The van der Waals surface area contributed by atoms with Crippen molar-refractivity contribution in [3.05, 3.63) is 132 Å². The van der Waals surface area contributed by atoms with Crippen LogP contribution in [0.15, 0.2) is 121 Å². The molecule has 0 N–H and O–H groups in total. The number of likely N-dealkylation sites (N-methyl/N-ethyl adjacent to an activating group) is 1. The van der Waals surface area contributed by atoms with Crippen molar-refractivity contribution in [3.63, 3.8) is 0 Å². The quantitative estimate of drug-likeness (QED) is 0.100. The van der Waals surface area contributed by atoms with Gasteiger partial charge in [-0.3, -0.25) is 0 Å². The third-order valence-electron chi connectivity index (χ3n) is 12.9. The summed E-state index contributed by atoms with van der Waals surface area (Å²) in [5.41, 5.74) is 6.93. The lowest BCUT2D eigenvalue weighted by molar-refractivity contribution is -0.439. The number of nitriles is 2. The lowest BCUT2D eigenvalue weighted by Crippen LogP contribution is -2.31. The van der Waals surface area contributed by atoms with Gasteiger partial charge < -0.3 is 4.90 Å². The largest absolute Gasteiger partial charge is 0.347 e. The molecule has 2 aliphatic carbocycles. The van der Waals surface area contributed by atoms with Crippen molar-refractivity contribution in [2.24, 2.45) is 17.8 Å². The molecule has 4 aromatic rings. The molecule has 2 heterocycles. The Morgan fingerprint density at radius 2 is 1.56 bits per heavy atom. The second kappa shape index (κ2) is 13.7. The molecular weight excluding hydrogens is 633 g/mol. The second-order valence-electron chi connectivity index (χ2n) is 16.0. The number of nitrogens with zero attached hydrogens (tertiary/aromatic N) is 4. The third kappa shape index (κ3) is 5.61. The maximum absolute atomic E-state index is 10.2. The first-order chi connectivity index (χ1) is 25.4. The highest BCUT2D eigenvalue weighted by molar-refractivity contribution is 6.08. The van der Waals surface area contributed by atoms with Crippen LogP contribution in [0.3, 0.4) is 0 Å². The summed E-state index contributed by atoms with van der Waals surface area (Å²) in [6, 6.07) is 31.6. The fourth-order valence-electron chi connectivity index (χ4n) is 10.2. The molecule has 8 rings (SSSR count). The van der Waals surface area contributed by atoms with Gasteiger partial charge >= 0.3 is 0 Å². The average Bonchev–Trinajstić information content (AvgIpc) is 3.94. The fourth-order valence-corrected chi connectivity index (χ4v) is 10.2. The molecule has 0 spiro atoms. The third-order valence-corrected chi connectivity index (χ3v) is 12.9. The van der Waals surface area contributed by atoms with E-state index >= 15 is 0 Å². The molecule has 4 aromatic carbocycles. The van der Waals surface area contributed by atoms with Crippen LogP contribution in [-0.4, -0.2) is 23.9 Å². The van der Waals surface area contributed by atoms with E-state index in [1.54, 1.807) is 0 Å². The summed E-state index contributed by atoms with van der Waals surface area (Å²) in [7, 11) is 2.19. The zero-order valence-corrected chi connectivity index (χ0v) is 30.9. The van der Waals surface area contributed by atoms with Crippen LogP contribution in [0.25, 0.3) is 21.5 Å². The summed E-state index contributed by atoms with van der Waals surface area (Å²) < 4.78 is 2.53. The van der Waals surface area contributed by atoms with Crippen molar-refractivity contribution in [1.82, 2.24) is 0 Å². The van der Waals surface area contributed by atoms with Crippen LogP contribution in [0.1, 0.15) is 76.3 Å². The van der Waals surface area contributed by atoms with Crippen LogP contribution < -0.4 is 4.90 Å². The number of hydrogen-bond acceptors (Lipinski definition) is 3. The predicted octanol–water partition coefficient (Wildman–Crippen LogP) is 11.4. The van der Waals surface area contributed by atoms with Crippen molar-refractivity contribution >= 4 is 38.6 Å². The topological polar surface area (TPSA) is 53.8 Å². The van der Waals surface area contributed by atoms with Crippen LogP contribution in [0.2, 0.25) is 0 Å². The molecule has 52 heavy (non-hydrogen) atoms. The van der Waals surface area contributed by atoms with E-state index in [2.05, 4.69) is 158 Å². The van der Waals surface area contributed by atoms with E-state index in [1.165, 1.54) is 87.6 Å². The zero-order chi connectivity index (χ0) is 35.9. The molecule has 4 heteroatoms. The van der Waals surface area contributed by atoms with Gasteiger partial charge in [0.25, 0.3) is 0 Å². The number of benzene rings is 4. The van der Waals surface area contributed by atoms with Crippen molar-refractivity contribution in [2.75, 3.05) is 18.5 Å². The van der Waals surface area contributed by atoms with E-state index in [0.717, 1.165) is 25.3 Å². The molecule has 0 aromatic heterocycles. The number of fused-ring (bicyclic) bond motifs is 6. The van der Waals surface area contributed by atoms with E-state index < -0.39 is 5.41 Å². The van der Waals surface area contributed by atoms with Crippen LogP contribution in [0.4, 0.5) is 11.4 Å². The Balaban J connectivity index is 1.17. The molecule has 260 valence electrons. The molecule has 0 saturated heterocycles. The van der Waals surface area contributed by atoms with Gasteiger partial charge in [-0.15, -0.1) is 0 Å². The Bertz CT molecular complexity index is 2280. The molecule has 0 amide bonds. The highest BCUT2D eigenvalue weighted by Gasteiger charge is 2.49. The lowest BCUT2D eigenvalue weighted by atomic mass is 9.71. The van der Waals surface area contributed by atoms with Gasteiger partial charge in [-0.25, -0.2) is 0 Å². The van der Waals surface area contributed by atoms with E-state index in [-0.39, 0.29) is 17.3 Å². The van der Waals surface area contributed by atoms with E-state index in [9.17, 15) is 10.5 Å². The molecular formula is C48H49N4+. The summed E-state index contributed by atoms with van der Waals surface area (Å²) in [5.74, 6) is 1.01.